The van der Waals surface area contributed by atoms with Crippen LogP contribution in [0.5, 0.6) is 0 Å². The minimum Gasteiger partial charge on any atom is -0.380 e. The molecule has 0 aromatic carbocycles. The molecule has 0 radical (unpaired) electrons. The molecule has 1 aromatic rings. The first-order valence-electron chi connectivity index (χ1n) is 4.73. The third kappa shape index (κ3) is 1.98. The Hall–Kier alpha value is -1.07. The maximum atomic E-state index is 11.3. The zero-order valence-electron chi connectivity index (χ0n) is 8.36. The fourth-order valence-electron chi connectivity index (χ4n) is 1.71. The standard InChI is InChI=1S/C9H12ClN3O2/c1-15-6-2-3-13(4-6)8-7(10)9(14)12-5-11-8/h5-6H,2-4H2,1H3,(H,11,12,14). The van der Waals surface area contributed by atoms with Gasteiger partial charge in [0.05, 0.1) is 12.4 Å². The Balaban J connectivity index is 2.24. The second-order valence-electron chi connectivity index (χ2n) is 3.46. The molecule has 5 nitrogen and oxygen atoms in total. The molecular formula is C9H12ClN3O2. The van der Waals surface area contributed by atoms with Gasteiger partial charge < -0.3 is 14.6 Å². The van der Waals surface area contributed by atoms with E-state index in [4.69, 9.17) is 16.3 Å². The number of hydrogen-bond donors (Lipinski definition) is 1. The van der Waals surface area contributed by atoms with Gasteiger partial charge in [0.2, 0.25) is 0 Å². The molecule has 0 aliphatic carbocycles. The van der Waals surface area contributed by atoms with Crippen LogP contribution < -0.4 is 10.5 Å². The van der Waals surface area contributed by atoms with Crippen molar-refractivity contribution in [1.82, 2.24) is 9.97 Å². The van der Waals surface area contributed by atoms with Crippen molar-refractivity contribution >= 4 is 17.4 Å². The molecule has 0 spiro atoms. The molecule has 82 valence electrons. The molecule has 2 heterocycles. The Kier molecular flexibility index (Phi) is 2.93. The lowest BCUT2D eigenvalue weighted by molar-refractivity contribution is 0.121. The van der Waals surface area contributed by atoms with Gasteiger partial charge in [0.1, 0.15) is 5.02 Å². The van der Waals surface area contributed by atoms with E-state index in [9.17, 15) is 4.79 Å². The summed E-state index contributed by atoms with van der Waals surface area (Å²) < 4.78 is 5.23. The van der Waals surface area contributed by atoms with E-state index in [0.717, 1.165) is 19.5 Å². The lowest BCUT2D eigenvalue weighted by atomic mass is 10.3. The third-order valence-corrected chi connectivity index (χ3v) is 2.90. The molecule has 1 atom stereocenters. The summed E-state index contributed by atoms with van der Waals surface area (Å²) in [5.41, 5.74) is -0.303. The molecule has 1 N–H and O–H groups in total. The normalized spacial score (nSPS) is 20.9. The van der Waals surface area contributed by atoms with E-state index in [1.807, 2.05) is 4.90 Å². The van der Waals surface area contributed by atoms with E-state index in [-0.39, 0.29) is 16.7 Å². The SMILES string of the molecule is COC1CCN(c2nc[nH]c(=O)c2Cl)C1. The lowest BCUT2D eigenvalue weighted by Crippen LogP contribution is -2.25. The smallest absolute Gasteiger partial charge is 0.271 e. The van der Waals surface area contributed by atoms with Crippen molar-refractivity contribution in [2.45, 2.75) is 12.5 Å². The number of halogens is 1. The van der Waals surface area contributed by atoms with Gasteiger partial charge >= 0.3 is 0 Å². The van der Waals surface area contributed by atoms with Gasteiger partial charge in [-0.2, -0.15) is 0 Å². The van der Waals surface area contributed by atoms with E-state index >= 15 is 0 Å². The molecule has 2 rings (SSSR count). The van der Waals surface area contributed by atoms with Gasteiger partial charge in [-0.05, 0) is 6.42 Å². The van der Waals surface area contributed by atoms with Crippen LogP contribution in [0.1, 0.15) is 6.42 Å². The largest absolute Gasteiger partial charge is 0.380 e. The summed E-state index contributed by atoms with van der Waals surface area (Å²) in [6, 6.07) is 0. The van der Waals surface area contributed by atoms with Crippen LogP contribution in [0.4, 0.5) is 5.82 Å². The highest BCUT2D eigenvalue weighted by Crippen LogP contribution is 2.23. The van der Waals surface area contributed by atoms with Crippen LogP contribution in [-0.4, -0.2) is 36.3 Å². The van der Waals surface area contributed by atoms with Gasteiger partial charge in [-0.1, -0.05) is 11.6 Å². The van der Waals surface area contributed by atoms with E-state index < -0.39 is 0 Å². The van der Waals surface area contributed by atoms with Gasteiger partial charge in [-0.25, -0.2) is 4.98 Å². The fraction of sp³-hybridized carbons (Fsp3) is 0.556. The molecule has 0 saturated carbocycles. The number of nitrogens with zero attached hydrogens (tertiary/aromatic N) is 2. The second kappa shape index (κ2) is 4.20. The Morgan fingerprint density at radius 1 is 1.73 bits per heavy atom. The number of hydrogen-bond acceptors (Lipinski definition) is 4. The Morgan fingerprint density at radius 3 is 3.20 bits per heavy atom. The first kappa shape index (κ1) is 10.4. The van der Waals surface area contributed by atoms with Crippen LogP contribution in [-0.2, 0) is 4.74 Å². The van der Waals surface area contributed by atoms with Gasteiger partial charge in [-0.15, -0.1) is 0 Å². The number of anilines is 1. The monoisotopic (exact) mass is 229 g/mol. The average molecular weight is 230 g/mol. The highest BCUT2D eigenvalue weighted by Gasteiger charge is 2.25. The van der Waals surface area contributed by atoms with Gasteiger partial charge in [0.25, 0.3) is 5.56 Å². The zero-order chi connectivity index (χ0) is 10.8. The third-order valence-electron chi connectivity index (χ3n) is 2.56. The number of ether oxygens (including phenoxy) is 1. The topological polar surface area (TPSA) is 58.2 Å². The molecule has 6 heteroatoms. The van der Waals surface area contributed by atoms with Crippen molar-refractivity contribution < 1.29 is 4.74 Å². The molecule has 1 unspecified atom stereocenters. The molecule has 1 fully saturated rings. The molecular weight excluding hydrogens is 218 g/mol. The quantitative estimate of drug-likeness (QED) is 0.809. The molecule has 1 aromatic heterocycles. The zero-order valence-corrected chi connectivity index (χ0v) is 9.12. The Labute approximate surface area is 92.0 Å². The molecule has 1 aliphatic heterocycles. The van der Waals surface area contributed by atoms with Crippen molar-refractivity contribution in [2.75, 3.05) is 25.1 Å². The van der Waals surface area contributed by atoms with E-state index in [2.05, 4.69) is 9.97 Å². The maximum absolute atomic E-state index is 11.3. The number of nitrogens with one attached hydrogen (secondary N) is 1. The van der Waals surface area contributed by atoms with Gasteiger partial charge in [0.15, 0.2) is 5.82 Å². The van der Waals surface area contributed by atoms with Crippen molar-refractivity contribution in [1.29, 1.82) is 0 Å². The number of aromatic nitrogens is 2. The Morgan fingerprint density at radius 2 is 2.53 bits per heavy atom. The van der Waals surface area contributed by atoms with Crippen molar-refractivity contribution in [3.63, 3.8) is 0 Å². The minimum atomic E-state index is -0.303. The summed E-state index contributed by atoms with van der Waals surface area (Å²) in [4.78, 5) is 19.7. The van der Waals surface area contributed by atoms with Crippen LogP contribution >= 0.6 is 11.6 Å². The summed E-state index contributed by atoms with van der Waals surface area (Å²) in [5, 5.41) is 0.147. The van der Waals surface area contributed by atoms with Crippen LogP contribution in [0.25, 0.3) is 0 Å². The fourth-order valence-corrected chi connectivity index (χ4v) is 1.93. The first-order valence-corrected chi connectivity index (χ1v) is 5.11. The molecule has 0 amide bonds. The van der Waals surface area contributed by atoms with E-state index in [1.54, 1.807) is 7.11 Å². The van der Waals surface area contributed by atoms with Gasteiger partial charge in [-0.3, -0.25) is 4.79 Å². The lowest BCUT2D eigenvalue weighted by Gasteiger charge is -2.17. The molecule has 1 saturated heterocycles. The number of methoxy groups -OCH3 is 1. The molecule has 0 bridgehead atoms. The van der Waals surface area contributed by atoms with Gasteiger partial charge in [0, 0.05) is 20.2 Å². The predicted octanol–water partition coefficient (Wildman–Crippen LogP) is 0.648. The minimum absolute atomic E-state index is 0.147. The Bertz CT molecular complexity index is 407. The first-order chi connectivity index (χ1) is 7.22. The van der Waals surface area contributed by atoms with Crippen molar-refractivity contribution in [2.24, 2.45) is 0 Å². The second-order valence-corrected chi connectivity index (χ2v) is 3.84. The van der Waals surface area contributed by atoms with Crippen LogP contribution in [0.15, 0.2) is 11.1 Å². The number of H-pyrrole nitrogens is 1. The highest BCUT2D eigenvalue weighted by atomic mass is 35.5. The van der Waals surface area contributed by atoms with Crippen LogP contribution in [0.2, 0.25) is 5.02 Å². The summed E-state index contributed by atoms with van der Waals surface area (Å²) in [6.07, 6.45) is 2.49. The molecule has 1 aliphatic rings. The highest BCUT2D eigenvalue weighted by molar-refractivity contribution is 6.32. The van der Waals surface area contributed by atoms with E-state index in [1.165, 1.54) is 6.33 Å². The number of rotatable bonds is 2. The molecule has 15 heavy (non-hydrogen) atoms. The van der Waals surface area contributed by atoms with Crippen molar-refractivity contribution in [3.8, 4) is 0 Å². The van der Waals surface area contributed by atoms with Crippen LogP contribution in [0.3, 0.4) is 0 Å². The van der Waals surface area contributed by atoms with E-state index in [0.29, 0.717) is 5.82 Å². The summed E-state index contributed by atoms with van der Waals surface area (Å²) in [6.45, 7) is 1.54. The summed E-state index contributed by atoms with van der Waals surface area (Å²) >= 11 is 5.88. The number of aromatic amines is 1. The van der Waals surface area contributed by atoms with Crippen molar-refractivity contribution in [3.05, 3.63) is 21.7 Å². The maximum Gasteiger partial charge on any atom is 0.271 e. The van der Waals surface area contributed by atoms with Crippen LogP contribution in [0, 0.1) is 0 Å². The summed E-state index contributed by atoms with van der Waals surface area (Å²) in [5.74, 6) is 0.542. The average Bonchev–Trinajstić information content (AvgIpc) is 2.70. The predicted molar refractivity (Wildman–Crippen MR) is 57.5 cm³/mol. The summed E-state index contributed by atoms with van der Waals surface area (Å²) in [7, 11) is 1.68.